The van der Waals surface area contributed by atoms with Crippen LogP contribution in [0.1, 0.15) is 59.8 Å². The van der Waals surface area contributed by atoms with Crippen molar-refractivity contribution in [3.63, 3.8) is 0 Å². The first-order valence-corrected chi connectivity index (χ1v) is 7.09. The largest absolute Gasteiger partial charge is 0.0625 e. The standard InChI is InChI=1S/C15H28/c1-10(2)13-8-6-12(4)14-7-5-11(3)9-15(13)14/h10-15H,5-9H2,1-4H3/t11-,12?,13?,14?,15?/m1/s1. The minimum absolute atomic E-state index is 0.912. The van der Waals surface area contributed by atoms with Crippen molar-refractivity contribution >= 4 is 0 Å². The van der Waals surface area contributed by atoms with Crippen LogP contribution in [0.2, 0.25) is 0 Å². The molecule has 0 radical (unpaired) electrons. The van der Waals surface area contributed by atoms with Gasteiger partial charge in [-0.25, -0.2) is 0 Å². The molecule has 5 atom stereocenters. The number of rotatable bonds is 1. The average molecular weight is 208 g/mol. The van der Waals surface area contributed by atoms with Crippen LogP contribution in [-0.4, -0.2) is 0 Å². The molecule has 0 amide bonds. The smallest absolute Gasteiger partial charge is 0.0350 e. The fourth-order valence-electron chi connectivity index (χ4n) is 4.36. The van der Waals surface area contributed by atoms with Crippen molar-refractivity contribution in [3.05, 3.63) is 0 Å². The Morgan fingerprint density at radius 1 is 0.867 bits per heavy atom. The van der Waals surface area contributed by atoms with Crippen molar-refractivity contribution in [1.29, 1.82) is 0 Å². The average Bonchev–Trinajstić information content (AvgIpc) is 2.17. The molecular weight excluding hydrogens is 180 g/mol. The molecule has 0 aromatic carbocycles. The highest BCUT2D eigenvalue weighted by Gasteiger charge is 2.41. The molecule has 2 fully saturated rings. The molecule has 2 rings (SSSR count). The molecule has 15 heavy (non-hydrogen) atoms. The van der Waals surface area contributed by atoms with Gasteiger partial charge in [0.1, 0.15) is 0 Å². The van der Waals surface area contributed by atoms with Crippen molar-refractivity contribution < 1.29 is 0 Å². The molecule has 0 spiro atoms. The molecule has 0 saturated heterocycles. The van der Waals surface area contributed by atoms with Gasteiger partial charge in [0.15, 0.2) is 0 Å². The van der Waals surface area contributed by atoms with E-state index in [9.17, 15) is 0 Å². The summed E-state index contributed by atoms with van der Waals surface area (Å²) in [7, 11) is 0. The molecule has 0 aromatic rings. The van der Waals surface area contributed by atoms with E-state index in [1.54, 1.807) is 0 Å². The Morgan fingerprint density at radius 2 is 1.60 bits per heavy atom. The fourth-order valence-corrected chi connectivity index (χ4v) is 4.36. The van der Waals surface area contributed by atoms with Crippen LogP contribution in [0.3, 0.4) is 0 Å². The monoisotopic (exact) mass is 208 g/mol. The Balaban J connectivity index is 2.10. The van der Waals surface area contributed by atoms with Crippen LogP contribution >= 0.6 is 0 Å². The predicted molar refractivity (Wildman–Crippen MR) is 66.7 cm³/mol. The van der Waals surface area contributed by atoms with Crippen molar-refractivity contribution in [2.24, 2.45) is 35.5 Å². The molecule has 2 saturated carbocycles. The van der Waals surface area contributed by atoms with E-state index in [1.165, 1.54) is 32.1 Å². The summed E-state index contributed by atoms with van der Waals surface area (Å²) in [6.07, 6.45) is 7.55. The van der Waals surface area contributed by atoms with Gasteiger partial charge in [0.05, 0.1) is 0 Å². The fraction of sp³-hybridized carbons (Fsp3) is 1.00. The summed E-state index contributed by atoms with van der Waals surface area (Å²) in [5, 5.41) is 0. The van der Waals surface area contributed by atoms with Gasteiger partial charge in [0.2, 0.25) is 0 Å². The van der Waals surface area contributed by atoms with E-state index in [2.05, 4.69) is 27.7 Å². The molecule has 0 N–H and O–H groups in total. The van der Waals surface area contributed by atoms with E-state index in [0.717, 1.165) is 35.5 Å². The maximum absolute atomic E-state index is 2.50. The molecule has 88 valence electrons. The van der Waals surface area contributed by atoms with Crippen LogP contribution < -0.4 is 0 Å². The van der Waals surface area contributed by atoms with Gasteiger partial charge < -0.3 is 0 Å². The van der Waals surface area contributed by atoms with Gasteiger partial charge in [0, 0.05) is 0 Å². The molecule has 0 nitrogen and oxygen atoms in total. The molecule has 2 aliphatic rings. The summed E-state index contributed by atoms with van der Waals surface area (Å²) in [6, 6.07) is 0. The van der Waals surface area contributed by atoms with Crippen molar-refractivity contribution in [2.45, 2.75) is 59.8 Å². The lowest BCUT2D eigenvalue weighted by Crippen LogP contribution is -2.39. The zero-order valence-corrected chi connectivity index (χ0v) is 11.0. The molecule has 0 bridgehead atoms. The Labute approximate surface area is 95.8 Å². The third-order valence-electron chi connectivity index (χ3n) is 5.31. The van der Waals surface area contributed by atoms with Crippen LogP contribution in [0, 0.1) is 35.5 Å². The Bertz CT molecular complexity index is 202. The number of hydrogen-bond acceptors (Lipinski definition) is 0. The first-order chi connectivity index (χ1) is 7.09. The summed E-state index contributed by atoms with van der Waals surface area (Å²) in [6.45, 7) is 9.85. The van der Waals surface area contributed by atoms with Gasteiger partial charge in [0.25, 0.3) is 0 Å². The van der Waals surface area contributed by atoms with E-state index in [1.807, 2.05) is 0 Å². The SMILES string of the molecule is CC(C)C1CCC(C)C2CC[C@@H](C)CC12. The lowest BCUT2D eigenvalue weighted by atomic mass is 9.57. The zero-order chi connectivity index (χ0) is 11.0. The summed E-state index contributed by atoms with van der Waals surface area (Å²) >= 11 is 0. The van der Waals surface area contributed by atoms with E-state index in [4.69, 9.17) is 0 Å². The third kappa shape index (κ3) is 2.24. The molecule has 0 aliphatic heterocycles. The van der Waals surface area contributed by atoms with Crippen LogP contribution in [0.25, 0.3) is 0 Å². The van der Waals surface area contributed by atoms with E-state index >= 15 is 0 Å². The summed E-state index contributed by atoms with van der Waals surface area (Å²) < 4.78 is 0. The third-order valence-corrected chi connectivity index (χ3v) is 5.31. The van der Waals surface area contributed by atoms with Gasteiger partial charge in [-0.15, -0.1) is 0 Å². The summed E-state index contributed by atoms with van der Waals surface area (Å²) in [4.78, 5) is 0. The van der Waals surface area contributed by atoms with Gasteiger partial charge in [-0.05, 0) is 54.8 Å². The maximum atomic E-state index is 2.50. The van der Waals surface area contributed by atoms with Gasteiger partial charge >= 0.3 is 0 Å². The topological polar surface area (TPSA) is 0 Å². The molecular formula is C15H28. The first kappa shape index (κ1) is 11.5. The van der Waals surface area contributed by atoms with E-state index in [0.29, 0.717) is 0 Å². The van der Waals surface area contributed by atoms with Crippen molar-refractivity contribution in [1.82, 2.24) is 0 Å². The summed E-state index contributed by atoms with van der Waals surface area (Å²) in [5.74, 6) is 6.10. The highest BCUT2D eigenvalue weighted by Crippen LogP contribution is 2.50. The van der Waals surface area contributed by atoms with E-state index in [-0.39, 0.29) is 0 Å². The second-order valence-corrected chi connectivity index (χ2v) is 6.71. The molecule has 2 aliphatic carbocycles. The minimum atomic E-state index is 0.912. The number of hydrogen-bond donors (Lipinski definition) is 0. The number of fused-ring (bicyclic) bond motifs is 1. The Kier molecular flexibility index (Phi) is 3.42. The zero-order valence-electron chi connectivity index (χ0n) is 11.0. The van der Waals surface area contributed by atoms with Crippen LogP contribution in [0.4, 0.5) is 0 Å². The van der Waals surface area contributed by atoms with Gasteiger partial charge in [-0.1, -0.05) is 40.5 Å². The van der Waals surface area contributed by atoms with Crippen molar-refractivity contribution in [2.75, 3.05) is 0 Å². The first-order valence-electron chi connectivity index (χ1n) is 7.09. The second kappa shape index (κ2) is 4.47. The quantitative estimate of drug-likeness (QED) is 0.584. The Morgan fingerprint density at radius 3 is 2.27 bits per heavy atom. The maximum Gasteiger partial charge on any atom is -0.0350 e. The second-order valence-electron chi connectivity index (χ2n) is 6.71. The van der Waals surface area contributed by atoms with Gasteiger partial charge in [-0.3, -0.25) is 0 Å². The highest BCUT2D eigenvalue weighted by atomic mass is 14.5. The van der Waals surface area contributed by atoms with Crippen LogP contribution in [0.15, 0.2) is 0 Å². The molecule has 0 heteroatoms. The molecule has 0 heterocycles. The van der Waals surface area contributed by atoms with Crippen LogP contribution in [-0.2, 0) is 0 Å². The lowest BCUT2D eigenvalue weighted by molar-refractivity contribution is 0.0182. The summed E-state index contributed by atoms with van der Waals surface area (Å²) in [5.41, 5.74) is 0. The molecule has 0 aromatic heterocycles. The van der Waals surface area contributed by atoms with Crippen LogP contribution in [0.5, 0.6) is 0 Å². The van der Waals surface area contributed by atoms with Gasteiger partial charge in [-0.2, -0.15) is 0 Å². The normalized spacial score (nSPS) is 46.6. The predicted octanol–water partition coefficient (Wildman–Crippen LogP) is 4.74. The minimum Gasteiger partial charge on any atom is -0.0625 e. The lowest BCUT2D eigenvalue weighted by Gasteiger charge is -2.48. The van der Waals surface area contributed by atoms with Crippen molar-refractivity contribution in [3.8, 4) is 0 Å². The van der Waals surface area contributed by atoms with E-state index < -0.39 is 0 Å². The Hall–Kier alpha value is 0. The highest BCUT2D eigenvalue weighted by molar-refractivity contribution is 4.90. The molecule has 4 unspecified atom stereocenters.